The molecule has 1 aromatic rings. The number of likely N-dealkylation sites (tertiary alicyclic amines) is 2. The Bertz CT molecular complexity index is 715. The summed E-state index contributed by atoms with van der Waals surface area (Å²) in [6.07, 6.45) is 5.71. The topological polar surface area (TPSA) is 64.7 Å². The lowest BCUT2D eigenvalue weighted by molar-refractivity contribution is -0.144. The van der Waals surface area contributed by atoms with Gasteiger partial charge in [0.2, 0.25) is 11.8 Å². The first-order chi connectivity index (χ1) is 14.1. The summed E-state index contributed by atoms with van der Waals surface area (Å²) in [5.74, 6) is 0.610. The predicted molar refractivity (Wildman–Crippen MR) is 113 cm³/mol. The number of carbonyl (C=O) groups excluding carboxylic acids is 2. The third-order valence-corrected chi connectivity index (χ3v) is 7.11. The molecule has 0 aliphatic carbocycles. The van der Waals surface area contributed by atoms with Crippen molar-refractivity contribution in [2.24, 2.45) is 11.3 Å². The fraction of sp³-hybridized carbons (Fsp3) is 0.652. The third kappa shape index (κ3) is 4.48. The van der Waals surface area contributed by atoms with Crippen LogP contribution in [0.5, 0.6) is 0 Å². The predicted octanol–water partition coefficient (Wildman–Crippen LogP) is 2.31. The highest BCUT2D eigenvalue weighted by molar-refractivity contribution is 5.80. The molecule has 0 radical (unpaired) electrons. The molecule has 1 spiro atoms. The van der Waals surface area contributed by atoms with Crippen molar-refractivity contribution in [2.45, 2.75) is 58.0 Å². The van der Waals surface area contributed by atoms with E-state index in [1.807, 2.05) is 23.1 Å². The lowest BCUT2D eigenvalue weighted by atomic mass is 9.72. The number of carbonyl (C=O) groups is 2. The zero-order chi connectivity index (χ0) is 20.3. The maximum absolute atomic E-state index is 13.1. The van der Waals surface area contributed by atoms with Crippen LogP contribution in [-0.4, -0.2) is 53.8 Å². The van der Waals surface area contributed by atoms with Gasteiger partial charge in [0.05, 0.1) is 5.92 Å². The van der Waals surface area contributed by atoms with E-state index in [0.29, 0.717) is 18.9 Å². The minimum Gasteiger partial charge on any atom is -0.342 e. The fourth-order valence-electron chi connectivity index (χ4n) is 5.28. The van der Waals surface area contributed by atoms with Crippen molar-refractivity contribution in [1.82, 2.24) is 20.7 Å². The minimum absolute atomic E-state index is 0.0477. The van der Waals surface area contributed by atoms with Crippen molar-refractivity contribution < 1.29 is 9.59 Å². The molecule has 3 aliphatic heterocycles. The Hall–Kier alpha value is -1.92. The zero-order valence-electron chi connectivity index (χ0n) is 17.5. The molecule has 0 saturated carbocycles. The van der Waals surface area contributed by atoms with Gasteiger partial charge in [-0.25, -0.2) is 0 Å². The van der Waals surface area contributed by atoms with Crippen LogP contribution in [0.25, 0.3) is 0 Å². The average Bonchev–Trinajstić information content (AvgIpc) is 3.20. The number of benzene rings is 1. The van der Waals surface area contributed by atoms with E-state index in [2.05, 4.69) is 34.8 Å². The summed E-state index contributed by atoms with van der Waals surface area (Å²) in [5, 5.41) is 0. The second-order valence-electron chi connectivity index (χ2n) is 9.09. The maximum Gasteiger partial charge on any atom is 0.228 e. The highest BCUT2D eigenvalue weighted by atomic mass is 16.2. The molecule has 2 unspecified atom stereocenters. The van der Waals surface area contributed by atoms with Crippen molar-refractivity contribution in [2.75, 3.05) is 26.2 Å². The van der Waals surface area contributed by atoms with E-state index in [1.165, 1.54) is 5.56 Å². The normalized spacial score (nSPS) is 26.9. The number of nitrogens with zero attached hydrogens (tertiary/aromatic N) is 2. The molecule has 3 fully saturated rings. The summed E-state index contributed by atoms with van der Waals surface area (Å²) < 4.78 is 0. The molecule has 0 aromatic heterocycles. The first-order valence-electron chi connectivity index (χ1n) is 11.2. The second kappa shape index (κ2) is 8.84. The van der Waals surface area contributed by atoms with Crippen LogP contribution in [0.2, 0.25) is 0 Å². The van der Waals surface area contributed by atoms with Gasteiger partial charge in [-0.05, 0) is 36.7 Å². The molecule has 2 amide bonds. The Kier molecular flexibility index (Phi) is 6.20. The van der Waals surface area contributed by atoms with Gasteiger partial charge < -0.3 is 9.80 Å². The number of hydrogen-bond acceptors (Lipinski definition) is 4. The Morgan fingerprint density at radius 3 is 2.66 bits per heavy atom. The smallest absolute Gasteiger partial charge is 0.228 e. The summed E-state index contributed by atoms with van der Waals surface area (Å²) in [6.45, 7) is 6.06. The van der Waals surface area contributed by atoms with Crippen LogP contribution in [0.15, 0.2) is 30.3 Å². The molecule has 1 aromatic carbocycles. The molecule has 6 nitrogen and oxygen atoms in total. The minimum atomic E-state index is 0.0477. The largest absolute Gasteiger partial charge is 0.342 e. The lowest BCUT2D eigenvalue weighted by Gasteiger charge is -2.48. The van der Waals surface area contributed by atoms with Crippen molar-refractivity contribution in [3.8, 4) is 0 Å². The number of amides is 2. The van der Waals surface area contributed by atoms with Crippen molar-refractivity contribution in [3.05, 3.63) is 35.9 Å². The first-order valence-corrected chi connectivity index (χ1v) is 11.2. The highest BCUT2D eigenvalue weighted by Gasteiger charge is 2.43. The molecule has 0 bridgehead atoms. The van der Waals surface area contributed by atoms with Crippen LogP contribution in [-0.2, 0) is 16.1 Å². The van der Waals surface area contributed by atoms with Crippen LogP contribution in [0.1, 0.15) is 51.0 Å². The van der Waals surface area contributed by atoms with Crippen molar-refractivity contribution in [3.63, 3.8) is 0 Å². The van der Waals surface area contributed by atoms with E-state index in [0.717, 1.165) is 58.3 Å². The Balaban J connectivity index is 1.35. The van der Waals surface area contributed by atoms with Gasteiger partial charge in [-0.3, -0.25) is 20.4 Å². The molecule has 6 heteroatoms. The number of hydrogen-bond donors (Lipinski definition) is 2. The molecule has 3 heterocycles. The van der Waals surface area contributed by atoms with E-state index in [9.17, 15) is 9.59 Å². The van der Waals surface area contributed by atoms with E-state index >= 15 is 0 Å². The van der Waals surface area contributed by atoms with Gasteiger partial charge in [0.1, 0.15) is 0 Å². The van der Waals surface area contributed by atoms with Crippen LogP contribution < -0.4 is 10.9 Å². The van der Waals surface area contributed by atoms with Crippen LogP contribution in [0.4, 0.5) is 0 Å². The standard InChI is InChI=1S/C23H34N4O2/c1-2-6-20-19(15-24-25-20)22(29)26-13-11-23(12-14-26)10-9-21(28)27(17-23)16-18-7-4-3-5-8-18/h3-5,7-8,19-20,24-25H,2,6,9-17H2,1H3. The fourth-order valence-corrected chi connectivity index (χ4v) is 5.28. The van der Waals surface area contributed by atoms with E-state index in [1.54, 1.807) is 0 Å². The number of piperidine rings is 2. The number of nitrogens with one attached hydrogen (secondary N) is 2. The third-order valence-electron chi connectivity index (χ3n) is 7.11. The first kappa shape index (κ1) is 20.4. The summed E-state index contributed by atoms with van der Waals surface area (Å²) in [6, 6.07) is 10.5. The SMILES string of the molecule is CCCC1NNCC1C(=O)N1CCC2(CCC(=O)N(Cc3ccccc3)C2)CC1. The van der Waals surface area contributed by atoms with E-state index < -0.39 is 0 Å². The maximum atomic E-state index is 13.1. The molecule has 158 valence electrons. The van der Waals surface area contributed by atoms with E-state index in [-0.39, 0.29) is 23.3 Å². The summed E-state index contributed by atoms with van der Waals surface area (Å²) in [7, 11) is 0. The molecular weight excluding hydrogens is 364 g/mol. The molecular formula is C23H34N4O2. The molecule has 2 N–H and O–H groups in total. The van der Waals surface area contributed by atoms with E-state index in [4.69, 9.17) is 0 Å². The monoisotopic (exact) mass is 398 g/mol. The highest BCUT2D eigenvalue weighted by Crippen LogP contribution is 2.41. The lowest BCUT2D eigenvalue weighted by Crippen LogP contribution is -2.53. The summed E-state index contributed by atoms with van der Waals surface area (Å²) in [4.78, 5) is 29.7. The Morgan fingerprint density at radius 2 is 1.93 bits per heavy atom. The van der Waals surface area contributed by atoms with Gasteiger partial charge in [0.25, 0.3) is 0 Å². The van der Waals surface area contributed by atoms with Gasteiger partial charge in [0.15, 0.2) is 0 Å². The molecule has 4 rings (SSSR count). The quantitative estimate of drug-likeness (QED) is 0.799. The Morgan fingerprint density at radius 1 is 1.17 bits per heavy atom. The van der Waals surface area contributed by atoms with Gasteiger partial charge in [-0.1, -0.05) is 43.7 Å². The summed E-state index contributed by atoms with van der Waals surface area (Å²) >= 11 is 0. The second-order valence-corrected chi connectivity index (χ2v) is 9.09. The Labute approximate surface area is 174 Å². The van der Waals surface area contributed by atoms with Gasteiger partial charge >= 0.3 is 0 Å². The van der Waals surface area contributed by atoms with Crippen LogP contribution in [0, 0.1) is 11.3 Å². The van der Waals surface area contributed by atoms with Crippen molar-refractivity contribution in [1.29, 1.82) is 0 Å². The zero-order valence-corrected chi connectivity index (χ0v) is 17.5. The number of rotatable bonds is 5. The molecule has 3 saturated heterocycles. The molecule has 3 aliphatic rings. The van der Waals surface area contributed by atoms with Crippen molar-refractivity contribution >= 4 is 11.8 Å². The molecule has 2 atom stereocenters. The van der Waals surface area contributed by atoms with Gasteiger partial charge in [-0.15, -0.1) is 0 Å². The average molecular weight is 399 g/mol. The van der Waals surface area contributed by atoms with Crippen LogP contribution in [0.3, 0.4) is 0 Å². The number of hydrazine groups is 1. The van der Waals surface area contributed by atoms with Gasteiger partial charge in [0, 0.05) is 45.2 Å². The molecule has 29 heavy (non-hydrogen) atoms. The van der Waals surface area contributed by atoms with Gasteiger partial charge in [-0.2, -0.15) is 0 Å². The van der Waals surface area contributed by atoms with Crippen LogP contribution >= 0.6 is 0 Å². The summed E-state index contributed by atoms with van der Waals surface area (Å²) in [5.41, 5.74) is 7.82.